The number of halogens is 1. The van der Waals surface area contributed by atoms with Gasteiger partial charge in [-0.1, -0.05) is 58.9 Å². The number of hydrogen-bond donors (Lipinski definition) is 1. The number of aromatic nitrogens is 3. The zero-order valence-corrected chi connectivity index (χ0v) is 22.7. The monoisotopic (exact) mass is 556 g/mol. The molecule has 4 rings (SSSR count). The molecule has 1 unspecified atom stereocenters. The smallest absolute Gasteiger partial charge is 0.338 e. The third kappa shape index (κ3) is 5.56. The van der Waals surface area contributed by atoms with Crippen LogP contribution >= 0.6 is 27.7 Å². The predicted octanol–water partition coefficient (Wildman–Crippen LogP) is 6.28. The summed E-state index contributed by atoms with van der Waals surface area (Å²) in [6.07, 6.45) is 1.01. The van der Waals surface area contributed by atoms with Gasteiger partial charge in [0.1, 0.15) is 18.4 Å². The van der Waals surface area contributed by atoms with Gasteiger partial charge >= 0.3 is 5.97 Å². The summed E-state index contributed by atoms with van der Waals surface area (Å²) in [6.45, 7) is 8.53. The molecule has 0 bridgehead atoms. The highest BCUT2D eigenvalue weighted by atomic mass is 79.9. The summed E-state index contributed by atoms with van der Waals surface area (Å²) in [5.41, 5.74) is 4.23. The van der Waals surface area contributed by atoms with Crippen molar-refractivity contribution in [2.45, 2.75) is 51.9 Å². The number of esters is 1. The molecule has 1 N–H and O–H groups in total. The number of thioether (sulfide) groups is 1. The number of allylic oxidation sites excluding steroid dienone is 1. The fourth-order valence-electron chi connectivity index (χ4n) is 3.94. The van der Waals surface area contributed by atoms with Crippen LogP contribution in [-0.4, -0.2) is 33.1 Å². The highest BCUT2D eigenvalue weighted by Gasteiger charge is 2.37. The van der Waals surface area contributed by atoms with Crippen LogP contribution in [0.15, 0.2) is 63.4 Å². The van der Waals surface area contributed by atoms with Gasteiger partial charge in [0.15, 0.2) is 0 Å². The number of anilines is 1. The van der Waals surface area contributed by atoms with Crippen molar-refractivity contribution in [2.24, 2.45) is 0 Å². The Kier molecular flexibility index (Phi) is 8.18. The number of nitrogens with zero attached hydrogens (tertiary/aromatic N) is 3. The Morgan fingerprint density at radius 2 is 2.00 bits per heavy atom. The van der Waals surface area contributed by atoms with Crippen molar-refractivity contribution in [1.82, 2.24) is 14.8 Å². The van der Waals surface area contributed by atoms with Crippen LogP contribution in [0.5, 0.6) is 5.75 Å². The Balaban J connectivity index is 1.80. The van der Waals surface area contributed by atoms with E-state index in [0.29, 0.717) is 34.7 Å². The Morgan fingerprint density at radius 1 is 1.20 bits per heavy atom. The summed E-state index contributed by atoms with van der Waals surface area (Å²) >= 11 is 5.19. The molecule has 2 heterocycles. The molecule has 0 aliphatic carbocycles. The molecule has 2 aromatic carbocycles. The molecule has 0 radical (unpaired) electrons. The number of ether oxygens (including phenoxy) is 2. The number of carbonyl (C=O) groups excluding carboxylic acids is 1. The van der Waals surface area contributed by atoms with E-state index in [1.54, 1.807) is 23.4 Å². The number of hydrogen-bond acceptors (Lipinski definition) is 7. The van der Waals surface area contributed by atoms with Gasteiger partial charge in [-0.3, -0.25) is 0 Å². The molecule has 3 aromatic rings. The molecular weight excluding hydrogens is 528 g/mol. The summed E-state index contributed by atoms with van der Waals surface area (Å²) in [6, 6.07) is 13.4. The Morgan fingerprint density at radius 3 is 2.74 bits per heavy atom. The van der Waals surface area contributed by atoms with Gasteiger partial charge in [0, 0.05) is 21.5 Å². The molecular formula is C26H29BrN4O3S. The quantitative estimate of drug-likeness (QED) is 0.245. The number of benzene rings is 2. The maximum atomic E-state index is 13.2. The Bertz CT molecular complexity index is 1260. The van der Waals surface area contributed by atoms with Crippen molar-refractivity contribution in [3.63, 3.8) is 0 Å². The number of nitrogens with one attached hydrogen (secondary N) is 1. The minimum Gasteiger partial charge on any atom is -0.489 e. The van der Waals surface area contributed by atoms with E-state index in [9.17, 15) is 4.79 Å². The van der Waals surface area contributed by atoms with Gasteiger partial charge < -0.3 is 14.8 Å². The Hall–Kier alpha value is -2.78. The normalized spacial score (nSPS) is 14.9. The molecule has 1 aliphatic heterocycles. The Labute approximate surface area is 218 Å². The van der Waals surface area contributed by atoms with Crippen molar-refractivity contribution in [1.29, 1.82) is 0 Å². The largest absolute Gasteiger partial charge is 0.489 e. The minimum atomic E-state index is -0.557. The summed E-state index contributed by atoms with van der Waals surface area (Å²) in [7, 11) is 0. The molecule has 0 saturated carbocycles. The molecule has 0 spiro atoms. The molecule has 1 atom stereocenters. The zero-order chi connectivity index (χ0) is 24.9. The van der Waals surface area contributed by atoms with Crippen LogP contribution in [0.3, 0.4) is 0 Å². The second-order valence-corrected chi connectivity index (χ2v) is 10.2. The average Bonchev–Trinajstić information content (AvgIpc) is 3.24. The van der Waals surface area contributed by atoms with Crippen LogP contribution in [-0.2, 0) is 16.1 Å². The van der Waals surface area contributed by atoms with Crippen molar-refractivity contribution >= 4 is 39.6 Å². The first-order valence-corrected chi connectivity index (χ1v) is 13.4. The van der Waals surface area contributed by atoms with Gasteiger partial charge in [0.2, 0.25) is 11.1 Å². The van der Waals surface area contributed by atoms with Gasteiger partial charge in [0.25, 0.3) is 0 Å². The van der Waals surface area contributed by atoms with E-state index in [1.807, 2.05) is 37.3 Å². The molecule has 9 heteroatoms. The lowest BCUT2D eigenvalue weighted by Crippen LogP contribution is -2.30. The number of carbonyl (C=O) groups is 1. The lowest BCUT2D eigenvalue weighted by Gasteiger charge is -2.29. The lowest BCUT2D eigenvalue weighted by atomic mass is 9.95. The maximum Gasteiger partial charge on any atom is 0.338 e. The van der Waals surface area contributed by atoms with Crippen molar-refractivity contribution in [2.75, 3.05) is 17.7 Å². The summed E-state index contributed by atoms with van der Waals surface area (Å²) in [5.74, 6) is 1.77. The predicted molar refractivity (Wildman–Crippen MR) is 142 cm³/mol. The topological polar surface area (TPSA) is 78.3 Å². The van der Waals surface area contributed by atoms with Crippen LogP contribution in [0.4, 0.5) is 5.95 Å². The molecule has 0 amide bonds. The van der Waals surface area contributed by atoms with Crippen LogP contribution in [0.25, 0.3) is 0 Å². The van der Waals surface area contributed by atoms with Crippen molar-refractivity contribution in [3.05, 3.63) is 74.9 Å². The molecule has 0 fully saturated rings. The highest BCUT2D eigenvalue weighted by Crippen LogP contribution is 2.41. The zero-order valence-electron chi connectivity index (χ0n) is 20.3. The summed E-state index contributed by atoms with van der Waals surface area (Å²) in [4.78, 5) is 17.8. The summed E-state index contributed by atoms with van der Waals surface area (Å²) in [5, 5.41) is 8.68. The van der Waals surface area contributed by atoms with E-state index in [4.69, 9.17) is 14.6 Å². The van der Waals surface area contributed by atoms with Crippen LogP contribution in [0, 0.1) is 6.92 Å². The molecule has 184 valence electrons. The SMILES string of the molecule is CCCSc1nc2n(n1)C(c1cc(Br)ccc1OCc1ccccc1C)C(C(=O)OCC)=C(C)N2. The number of rotatable bonds is 9. The molecule has 0 saturated heterocycles. The first kappa shape index (κ1) is 25.3. The first-order chi connectivity index (χ1) is 16.9. The average molecular weight is 558 g/mol. The fraction of sp³-hybridized carbons (Fsp3) is 0.346. The van der Waals surface area contributed by atoms with E-state index in [0.717, 1.165) is 33.3 Å². The number of aryl methyl sites for hydroxylation is 1. The molecule has 7 nitrogen and oxygen atoms in total. The van der Waals surface area contributed by atoms with Crippen molar-refractivity contribution in [3.8, 4) is 5.75 Å². The molecule has 1 aliphatic rings. The van der Waals surface area contributed by atoms with Gasteiger partial charge in [-0.2, -0.15) is 4.98 Å². The van der Waals surface area contributed by atoms with E-state index < -0.39 is 12.0 Å². The lowest BCUT2D eigenvalue weighted by molar-refractivity contribution is -0.139. The van der Waals surface area contributed by atoms with Crippen LogP contribution in [0.1, 0.15) is 49.9 Å². The summed E-state index contributed by atoms with van der Waals surface area (Å²) < 4.78 is 14.4. The van der Waals surface area contributed by atoms with Crippen LogP contribution < -0.4 is 10.1 Å². The van der Waals surface area contributed by atoms with Gasteiger partial charge in [-0.25, -0.2) is 9.48 Å². The van der Waals surface area contributed by atoms with Gasteiger partial charge in [0.05, 0.1) is 12.2 Å². The second kappa shape index (κ2) is 11.3. The van der Waals surface area contributed by atoms with E-state index in [-0.39, 0.29) is 6.61 Å². The van der Waals surface area contributed by atoms with Gasteiger partial charge in [-0.15, -0.1) is 5.10 Å². The van der Waals surface area contributed by atoms with E-state index in [2.05, 4.69) is 52.2 Å². The highest BCUT2D eigenvalue weighted by molar-refractivity contribution is 9.10. The first-order valence-electron chi connectivity index (χ1n) is 11.6. The third-order valence-electron chi connectivity index (χ3n) is 5.67. The minimum absolute atomic E-state index is 0.277. The molecule has 1 aromatic heterocycles. The fourth-order valence-corrected chi connectivity index (χ4v) is 5.00. The number of fused-ring (bicyclic) bond motifs is 1. The standard InChI is InChI=1S/C26H29BrN4O3S/c1-5-13-35-26-29-25-28-17(4)22(24(32)33-6-2)23(31(25)30-26)20-14-19(27)11-12-21(20)34-15-18-10-8-7-9-16(18)3/h7-12,14,23H,5-6,13,15H2,1-4H3,(H,28,29,30). The van der Waals surface area contributed by atoms with Crippen LogP contribution in [0.2, 0.25) is 0 Å². The van der Waals surface area contributed by atoms with Crippen molar-refractivity contribution < 1.29 is 14.3 Å². The van der Waals surface area contributed by atoms with Gasteiger partial charge in [-0.05, 0) is 56.5 Å². The van der Waals surface area contributed by atoms with E-state index in [1.165, 1.54) is 0 Å². The third-order valence-corrected chi connectivity index (χ3v) is 7.21. The van der Waals surface area contributed by atoms with E-state index >= 15 is 0 Å². The maximum absolute atomic E-state index is 13.2. The molecule has 35 heavy (non-hydrogen) atoms. The second-order valence-electron chi connectivity index (χ2n) is 8.20.